The number of aromatic amines is 1. The largest absolute Gasteiger partial charge is 0.416 e. The molecule has 2 aromatic rings. The van der Waals surface area contributed by atoms with Crippen LogP contribution in [0.5, 0.6) is 0 Å². The van der Waals surface area contributed by atoms with Crippen molar-refractivity contribution in [2.45, 2.75) is 96.4 Å². The van der Waals surface area contributed by atoms with Gasteiger partial charge in [-0.1, -0.05) is 48.1 Å². The number of nitrogens with zero attached hydrogens (tertiary/aromatic N) is 3. The van der Waals surface area contributed by atoms with Crippen molar-refractivity contribution < 1.29 is 8.85 Å². The molecule has 0 aromatic carbocycles. The number of anilines is 1. The number of hydrogen-bond donors (Lipinski definition) is 2. The van der Waals surface area contributed by atoms with Gasteiger partial charge in [0, 0.05) is 12.5 Å². The van der Waals surface area contributed by atoms with Gasteiger partial charge in [-0.15, -0.1) is 0 Å². The Morgan fingerprint density at radius 2 is 1.74 bits per heavy atom. The van der Waals surface area contributed by atoms with Crippen molar-refractivity contribution in [2.24, 2.45) is 5.92 Å². The zero-order valence-corrected chi connectivity index (χ0v) is 24.6. The van der Waals surface area contributed by atoms with Gasteiger partial charge in [0.15, 0.2) is 27.8 Å². The fourth-order valence-electron chi connectivity index (χ4n) is 3.90. The molecule has 2 heterocycles. The summed E-state index contributed by atoms with van der Waals surface area (Å²) in [5.74, 6) is 0.125. The van der Waals surface area contributed by atoms with E-state index >= 15 is 0 Å². The minimum Gasteiger partial charge on any atom is -0.416 e. The van der Waals surface area contributed by atoms with Crippen molar-refractivity contribution in [1.29, 1.82) is 0 Å². The molecule has 0 unspecified atom stereocenters. The molecule has 1 saturated carbocycles. The van der Waals surface area contributed by atoms with Crippen molar-refractivity contribution in [2.75, 3.05) is 12.3 Å². The van der Waals surface area contributed by atoms with E-state index in [1.54, 1.807) is 6.33 Å². The highest BCUT2D eigenvalue weighted by Gasteiger charge is 2.47. The van der Waals surface area contributed by atoms with Crippen molar-refractivity contribution in [1.82, 2.24) is 19.5 Å². The highest BCUT2D eigenvalue weighted by molar-refractivity contribution is 6.74. The van der Waals surface area contributed by atoms with E-state index in [0.29, 0.717) is 12.3 Å². The lowest BCUT2D eigenvalue weighted by atomic mass is 10.0. The predicted molar refractivity (Wildman–Crippen MR) is 144 cm³/mol. The van der Waals surface area contributed by atoms with E-state index in [2.05, 4.69) is 89.3 Å². The number of nitrogen functional groups attached to an aromatic ring is 1. The third kappa shape index (κ3) is 4.96. The molecule has 0 amide bonds. The number of H-pyrrole nitrogens is 1. The molecule has 190 valence electrons. The SMILES string of the molecule is C=C1[C@H](CO[Si](C)(C)C(C)(C)C)[C@@H](O[Si](C)(C)C(C)(C)C)C[C@@H]1n1cnc2c(=O)[nH]c(N)nc21. The molecule has 1 aliphatic carbocycles. The van der Waals surface area contributed by atoms with Crippen LogP contribution in [0.15, 0.2) is 23.3 Å². The van der Waals surface area contributed by atoms with Gasteiger partial charge in [0.2, 0.25) is 5.95 Å². The number of fused-ring (bicyclic) bond motifs is 1. The van der Waals surface area contributed by atoms with E-state index in [4.69, 9.17) is 14.6 Å². The highest BCUT2D eigenvalue weighted by atomic mass is 28.4. The average molecular weight is 506 g/mol. The molecule has 0 radical (unpaired) electrons. The summed E-state index contributed by atoms with van der Waals surface area (Å²) < 4.78 is 15.5. The van der Waals surface area contributed by atoms with E-state index in [1.165, 1.54) is 0 Å². The molecule has 3 atom stereocenters. The lowest BCUT2D eigenvalue weighted by molar-refractivity contribution is 0.111. The molecule has 3 rings (SSSR count). The van der Waals surface area contributed by atoms with Crippen molar-refractivity contribution in [3.8, 4) is 0 Å². The molecule has 2 aromatic heterocycles. The molecular formula is C24H43N5O3Si2. The molecular weight excluding hydrogens is 462 g/mol. The Bertz CT molecular complexity index is 1120. The predicted octanol–water partition coefficient (Wildman–Crippen LogP) is 5.23. The summed E-state index contributed by atoms with van der Waals surface area (Å²) in [6.45, 7) is 27.7. The van der Waals surface area contributed by atoms with Gasteiger partial charge >= 0.3 is 0 Å². The minimum absolute atomic E-state index is 0.0278. The Kier molecular flexibility index (Phi) is 6.89. The second-order valence-electron chi connectivity index (χ2n) is 12.7. The normalized spacial score (nSPS) is 22.6. The topological polar surface area (TPSA) is 108 Å². The summed E-state index contributed by atoms with van der Waals surface area (Å²) in [6, 6.07) is -0.0958. The van der Waals surface area contributed by atoms with Gasteiger partial charge in [0.1, 0.15) is 0 Å². The summed E-state index contributed by atoms with van der Waals surface area (Å²) in [6.07, 6.45) is 2.37. The fourth-order valence-corrected chi connectivity index (χ4v) is 6.30. The van der Waals surface area contributed by atoms with Crippen molar-refractivity contribution in [3.05, 3.63) is 28.8 Å². The molecule has 0 saturated heterocycles. The zero-order chi connectivity index (χ0) is 25.9. The van der Waals surface area contributed by atoms with Gasteiger partial charge in [0.25, 0.3) is 5.56 Å². The fraction of sp³-hybridized carbons (Fsp3) is 0.708. The maximum Gasteiger partial charge on any atom is 0.280 e. The van der Waals surface area contributed by atoms with E-state index in [1.807, 2.05) is 4.57 Å². The molecule has 34 heavy (non-hydrogen) atoms. The number of hydrogen-bond acceptors (Lipinski definition) is 6. The monoisotopic (exact) mass is 505 g/mol. The number of nitrogens with one attached hydrogen (secondary N) is 1. The van der Waals surface area contributed by atoms with Crippen LogP contribution in [0.2, 0.25) is 36.3 Å². The van der Waals surface area contributed by atoms with Crippen LogP contribution in [0.25, 0.3) is 11.2 Å². The quantitative estimate of drug-likeness (QED) is 0.411. The number of imidazole rings is 1. The summed E-state index contributed by atoms with van der Waals surface area (Å²) in [4.78, 5) is 23.6. The van der Waals surface area contributed by atoms with Crippen molar-refractivity contribution in [3.63, 3.8) is 0 Å². The average Bonchev–Trinajstić information content (AvgIpc) is 3.19. The number of nitrogens with two attached hydrogens (primary N) is 1. The summed E-state index contributed by atoms with van der Waals surface area (Å²) in [5.41, 5.74) is 7.30. The molecule has 10 heteroatoms. The van der Waals surface area contributed by atoms with Crippen LogP contribution in [-0.4, -0.2) is 48.9 Å². The van der Waals surface area contributed by atoms with Gasteiger partial charge in [-0.05, 0) is 48.3 Å². The summed E-state index contributed by atoms with van der Waals surface area (Å²) in [7, 11) is -3.99. The molecule has 1 fully saturated rings. The van der Waals surface area contributed by atoms with E-state index in [-0.39, 0.29) is 45.2 Å². The van der Waals surface area contributed by atoms with Crippen LogP contribution in [0.4, 0.5) is 5.95 Å². The van der Waals surface area contributed by atoms with Gasteiger partial charge in [-0.3, -0.25) is 9.78 Å². The van der Waals surface area contributed by atoms with Crippen LogP contribution in [-0.2, 0) is 8.85 Å². The van der Waals surface area contributed by atoms with Gasteiger partial charge < -0.3 is 19.2 Å². The van der Waals surface area contributed by atoms with E-state index in [9.17, 15) is 4.79 Å². The Morgan fingerprint density at radius 1 is 1.15 bits per heavy atom. The smallest absolute Gasteiger partial charge is 0.280 e. The van der Waals surface area contributed by atoms with Gasteiger partial charge in [-0.25, -0.2) is 4.98 Å². The maximum absolute atomic E-state index is 12.3. The number of rotatable bonds is 6. The van der Waals surface area contributed by atoms with Gasteiger partial charge in [0.05, 0.1) is 18.5 Å². The maximum atomic E-state index is 12.3. The molecule has 3 N–H and O–H groups in total. The second-order valence-corrected chi connectivity index (χ2v) is 22.3. The van der Waals surface area contributed by atoms with E-state index in [0.717, 1.165) is 12.0 Å². The first kappa shape index (κ1) is 26.8. The lowest BCUT2D eigenvalue weighted by Gasteiger charge is -2.41. The second kappa shape index (κ2) is 8.72. The van der Waals surface area contributed by atoms with E-state index < -0.39 is 16.6 Å². The first-order valence-corrected chi connectivity index (χ1v) is 17.9. The molecule has 0 bridgehead atoms. The summed E-state index contributed by atoms with van der Waals surface area (Å²) >= 11 is 0. The van der Waals surface area contributed by atoms with Gasteiger partial charge in [-0.2, -0.15) is 4.98 Å². The number of aromatic nitrogens is 4. The van der Waals surface area contributed by atoms with Crippen LogP contribution in [0, 0.1) is 5.92 Å². The Morgan fingerprint density at radius 3 is 2.29 bits per heavy atom. The van der Waals surface area contributed by atoms with Crippen molar-refractivity contribution >= 4 is 33.7 Å². The molecule has 0 spiro atoms. The highest BCUT2D eigenvalue weighted by Crippen LogP contribution is 2.47. The minimum atomic E-state index is -2.04. The van der Waals surface area contributed by atoms with Crippen LogP contribution >= 0.6 is 0 Å². The molecule has 0 aliphatic heterocycles. The molecule has 1 aliphatic rings. The summed E-state index contributed by atoms with van der Waals surface area (Å²) in [5, 5.41) is 0.202. The Hall–Kier alpha value is -1.76. The Balaban J connectivity index is 1.98. The third-order valence-electron chi connectivity index (χ3n) is 8.28. The first-order valence-electron chi connectivity index (χ1n) is 12.1. The third-order valence-corrected chi connectivity index (χ3v) is 17.3. The first-order chi connectivity index (χ1) is 15.4. The van der Waals surface area contributed by atoms with Crippen LogP contribution < -0.4 is 11.3 Å². The lowest BCUT2D eigenvalue weighted by Crippen LogP contribution is -2.47. The van der Waals surface area contributed by atoms with Crippen LogP contribution in [0.3, 0.4) is 0 Å². The Labute approximate surface area is 205 Å². The van der Waals surface area contributed by atoms with Crippen LogP contribution in [0.1, 0.15) is 54.0 Å². The molecule has 8 nitrogen and oxygen atoms in total. The zero-order valence-electron chi connectivity index (χ0n) is 22.6. The standard InChI is InChI=1S/C24H43N5O3Si2/c1-15-16(13-31-33(8,9)23(2,3)4)18(32-34(10,11)24(5,6)7)12-17(15)29-14-26-19-20(29)27-22(25)28-21(19)30/h14,16-18H,1,12-13H2,2-11H3,(H3,25,27,28,30)/t16-,17-,18-/m0/s1.